The lowest BCUT2D eigenvalue weighted by molar-refractivity contribution is 0.0917. The van der Waals surface area contributed by atoms with Gasteiger partial charge in [-0.15, -0.1) is 0 Å². The average Bonchev–Trinajstić information content (AvgIpc) is 2.68. The molecule has 0 bridgehead atoms. The van der Waals surface area contributed by atoms with Gasteiger partial charge in [-0.05, 0) is 31.0 Å². The standard InChI is InChI=1S/C15H19ClN2O2S/c16-12-6-5-10(19)9-11(12)13(20)18-15(14(17)21)7-3-1-2-4-8-15/h5-6,9,19H,1-4,7-8H2,(H2,17,21)(H,18,20). The molecule has 1 aromatic carbocycles. The zero-order valence-electron chi connectivity index (χ0n) is 11.7. The molecule has 0 aromatic heterocycles. The number of phenolic OH excluding ortho intramolecular Hbond substituents is 1. The molecule has 2 rings (SSSR count). The summed E-state index contributed by atoms with van der Waals surface area (Å²) in [5.41, 5.74) is 5.48. The molecular weight excluding hydrogens is 308 g/mol. The summed E-state index contributed by atoms with van der Waals surface area (Å²) in [7, 11) is 0. The first-order valence-electron chi connectivity index (χ1n) is 7.05. The zero-order valence-corrected chi connectivity index (χ0v) is 13.3. The number of nitrogens with one attached hydrogen (secondary N) is 1. The number of carbonyl (C=O) groups excluding carboxylic acids is 1. The number of carbonyl (C=O) groups is 1. The van der Waals surface area contributed by atoms with Crippen LogP contribution in [-0.2, 0) is 0 Å². The number of aromatic hydroxyl groups is 1. The van der Waals surface area contributed by atoms with Crippen molar-refractivity contribution in [1.29, 1.82) is 0 Å². The molecular formula is C15H19ClN2O2S. The fourth-order valence-electron chi connectivity index (χ4n) is 2.74. The number of benzene rings is 1. The van der Waals surface area contributed by atoms with Gasteiger partial charge in [-0.25, -0.2) is 0 Å². The first kappa shape index (κ1) is 16.0. The van der Waals surface area contributed by atoms with Gasteiger partial charge in [-0.2, -0.15) is 0 Å². The Balaban J connectivity index is 2.26. The number of amides is 1. The SMILES string of the molecule is NC(=S)C1(NC(=O)c2cc(O)ccc2Cl)CCCCCC1. The Hall–Kier alpha value is -1.33. The van der Waals surface area contributed by atoms with Crippen LogP contribution in [0.4, 0.5) is 0 Å². The largest absolute Gasteiger partial charge is 0.508 e. The van der Waals surface area contributed by atoms with Crippen molar-refractivity contribution in [1.82, 2.24) is 5.32 Å². The summed E-state index contributed by atoms with van der Waals surface area (Å²) in [5.74, 6) is -0.361. The monoisotopic (exact) mass is 326 g/mol. The van der Waals surface area contributed by atoms with E-state index in [1.165, 1.54) is 18.2 Å². The molecule has 1 aliphatic carbocycles. The molecule has 0 heterocycles. The van der Waals surface area contributed by atoms with Gasteiger partial charge in [-0.1, -0.05) is 49.5 Å². The Kier molecular flexibility index (Phi) is 5.06. The van der Waals surface area contributed by atoms with Crippen molar-refractivity contribution in [2.24, 2.45) is 5.73 Å². The van der Waals surface area contributed by atoms with Gasteiger partial charge in [0.05, 0.1) is 21.1 Å². The Labute approximate surface area is 134 Å². The van der Waals surface area contributed by atoms with Gasteiger partial charge in [0.1, 0.15) is 5.75 Å². The fourth-order valence-corrected chi connectivity index (χ4v) is 3.20. The van der Waals surface area contributed by atoms with E-state index in [0.29, 0.717) is 4.99 Å². The van der Waals surface area contributed by atoms with Crippen molar-refractivity contribution in [3.05, 3.63) is 28.8 Å². The summed E-state index contributed by atoms with van der Waals surface area (Å²) in [6.07, 6.45) is 5.67. The van der Waals surface area contributed by atoms with Crippen LogP contribution in [0.25, 0.3) is 0 Å². The smallest absolute Gasteiger partial charge is 0.253 e. The van der Waals surface area contributed by atoms with Gasteiger partial charge in [-0.3, -0.25) is 4.79 Å². The summed E-state index contributed by atoms with van der Waals surface area (Å²) < 4.78 is 0. The molecule has 0 spiro atoms. The highest BCUT2D eigenvalue weighted by Gasteiger charge is 2.36. The maximum absolute atomic E-state index is 12.5. The molecule has 6 heteroatoms. The molecule has 1 aromatic rings. The highest BCUT2D eigenvalue weighted by molar-refractivity contribution is 7.80. The van der Waals surface area contributed by atoms with Gasteiger partial charge in [0.15, 0.2) is 0 Å². The van der Waals surface area contributed by atoms with Crippen molar-refractivity contribution in [2.75, 3.05) is 0 Å². The van der Waals surface area contributed by atoms with Gasteiger partial charge >= 0.3 is 0 Å². The number of hydrogen-bond donors (Lipinski definition) is 3. The first-order chi connectivity index (χ1) is 9.94. The van der Waals surface area contributed by atoms with Crippen LogP contribution in [-0.4, -0.2) is 21.5 Å². The fraction of sp³-hybridized carbons (Fsp3) is 0.467. The third-order valence-corrected chi connectivity index (χ3v) is 4.70. The second kappa shape index (κ2) is 6.62. The molecule has 114 valence electrons. The van der Waals surface area contributed by atoms with Crippen LogP contribution in [0.15, 0.2) is 18.2 Å². The average molecular weight is 327 g/mol. The van der Waals surface area contributed by atoms with Gasteiger partial charge in [0.2, 0.25) is 0 Å². The Morgan fingerprint density at radius 2 is 1.90 bits per heavy atom. The predicted molar refractivity (Wildman–Crippen MR) is 87.8 cm³/mol. The van der Waals surface area contributed by atoms with E-state index >= 15 is 0 Å². The summed E-state index contributed by atoms with van der Waals surface area (Å²) in [4.78, 5) is 12.8. The maximum atomic E-state index is 12.5. The van der Waals surface area contributed by atoms with Crippen molar-refractivity contribution in [3.63, 3.8) is 0 Å². The van der Waals surface area contributed by atoms with Crippen molar-refractivity contribution in [2.45, 2.75) is 44.1 Å². The number of rotatable bonds is 3. The third kappa shape index (κ3) is 3.66. The molecule has 0 unspecified atom stereocenters. The number of nitrogens with two attached hydrogens (primary N) is 1. The van der Waals surface area contributed by atoms with E-state index in [9.17, 15) is 9.90 Å². The molecule has 1 amide bonds. The lowest BCUT2D eigenvalue weighted by Crippen LogP contribution is -2.56. The van der Waals surface area contributed by atoms with E-state index < -0.39 is 5.54 Å². The molecule has 1 aliphatic rings. The van der Waals surface area contributed by atoms with Crippen LogP contribution >= 0.6 is 23.8 Å². The number of hydrogen-bond acceptors (Lipinski definition) is 3. The van der Waals surface area contributed by atoms with E-state index in [4.69, 9.17) is 29.6 Å². The Bertz CT molecular complexity index is 555. The van der Waals surface area contributed by atoms with Crippen LogP contribution in [0.1, 0.15) is 48.9 Å². The van der Waals surface area contributed by atoms with Crippen LogP contribution in [0.5, 0.6) is 5.75 Å². The highest BCUT2D eigenvalue weighted by Crippen LogP contribution is 2.29. The second-order valence-corrected chi connectivity index (χ2v) is 6.33. The minimum atomic E-state index is -0.655. The maximum Gasteiger partial charge on any atom is 0.253 e. The van der Waals surface area contributed by atoms with Crippen LogP contribution in [0, 0.1) is 0 Å². The normalized spacial score (nSPS) is 17.8. The lowest BCUT2D eigenvalue weighted by Gasteiger charge is -2.33. The molecule has 4 N–H and O–H groups in total. The minimum Gasteiger partial charge on any atom is -0.508 e. The zero-order chi connectivity index (χ0) is 15.5. The Morgan fingerprint density at radius 3 is 2.48 bits per heavy atom. The molecule has 1 saturated carbocycles. The van der Waals surface area contributed by atoms with E-state index in [1.807, 2.05) is 0 Å². The first-order valence-corrected chi connectivity index (χ1v) is 7.84. The molecule has 0 aliphatic heterocycles. The molecule has 1 fully saturated rings. The van der Waals surface area contributed by atoms with Gasteiger partial charge in [0.25, 0.3) is 5.91 Å². The van der Waals surface area contributed by atoms with Crippen molar-refractivity contribution >= 4 is 34.7 Å². The highest BCUT2D eigenvalue weighted by atomic mass is 35.5. The summed E-state index contributed by atoms with van der Waals surface area (Å²) in [6.45, 7) is 0. The number of phenols is 1. The van der Waals surface area contributed by atoms with E-state index in [-0.39, 0.29) is 22.2 Å². The molecule has 0 atom stereocenters. The molecule has 0 saturated heterocycles. The second-order valence-electron chi connectivity index (χ2n) is 5.48. The predicted octanol–water partition coefficient (Wildman–Crippen LogP) is 3.15. The van der Waals surface area contributed by atoms with Crippen LogP contribution in [0.2, 0.25) is 5.02 Å². The van der Waals surface area contributed by atoms with Crippen LogP contribution in [0.3, 0.4) is 0 Å². The van der Waals surface area contributed by atoms with E-state index in [0.717, 1.165) is 38.5 Å². The number of halogens is 1. The van der Waals surface area contributed by atoms with Crippen molar-refractivity contribution in [3.8, 4) is 5.75 Å². The van der Waals surface area contributed by atoms with E-state index in [2.05, 4.69) is 5.32 Å². The van der Waals surface area contributed by atoms with Gasteiger partial charge < -0.3 is 16.2 Å². The molecule has 4 nitrogen and oxygen atoms in total. The van der Waals surface area contributed by atoms with Gasteiger partial charge in [0, 0.05) is 0 Å². The number of thiocarbonyl (C=S) groups is 1. The molecule has 21 heavy (non-hydrogen) atoms. The van der Waals surface area contributed by atoms with E-state index in [1.54, 1.807) is 0 Å². The topological polar surface area (TPSA) is 75.3 Å². The van der Waals surface area contributed by atoms with Crippen molar-refractivity contribution < 1.29 is 9.90 Å². The minimum absolute atomic E-state index is 0.00482. The quantitative estimate of drug-likeness (QED) is 0.589. The Morgan fingerprint density at radius 1 is 1.29 bits per heavy atom. The lowest BCUT2D eigenvalue weighted by atomic mass is 9.89. The van der Waals surface area contributed by atoms with Crippen LogP contribution < -0.4 is 11.1 Å². The summed E-state index contributed by atoms with van der Waals surface area (Å²) in [5, 5.41) is 12.8. The summed E-state index contributed by atoms with van der Waals surface area (Å²) in [6, 6.07) is 4.28. The summed E-state index contributed by atoms with van der Waals surface area (Å²) >= 11 is 11.2. The third-order valence-electron chi connectivity index (χ3n) is 3.98. The molecule has 0 radical (unpaired) electrons.